The first-order chi connectivity index (χ1) is 31.4. The second-order valence-electron chi connectivity index (χ2n) is 17.7. The van der Waals surface area contributed by atoms with Gasteiger partial charge >= 0.3 is 0 Å². The molecule has 0 bridgehead atoms. The van der Waals surface area contributed by atoms with E-state index in [0.717, 1.165) is 61.5 Å². The SMILES string of the molecule is CC(C)(C)c1cc(Oc2[c-]c3c(cc2)c2cc(-c4ccccc4)ccc2n3-c2cc3c(cn2)-c2ccccc2B3c2ccccc2)[c-]c(N2[CH-]N(c3ccccc3)c3ccccc32)c1.[Pt]. The molecule has 0 saturated carbocycles. The normalized spacial score (nSPS) is 12.9. The van der Waals surface area contributed by atoms with E-state index in [1.54, 1.807) is 0 Å². The summed E-state index contributed by atoms with van der Waals surface area (Å²) in [5.41, 5.74) is 15.6. The van der Waals surface area contributed by atoms with Crippen LogP contribution in [0.15, 0.2) is 194 Å². The maximum atomic E-state index is 6.89. The minimum absolute atomic E-state index is 0. The van der Waals surface area contributed by atoms with Crippen LogP contribution in [0.1, 0.15) is 26.3 Å². The Morgan fingerprint density at radius 3 is 2.03 bits per heavy atom. The van der Waals surface area contributed by atoms with Crippen molar-refractivity contribution in [2.24, 2.45) is 0 Å². The number of para-hydroxylation sites is 3. The van der Waals surface area contributed by atoms with Crippen LogP contribution in [0.25, 0.3) is 49.9 Å². The molecule has 0 atom stereocenters. The average molecular weight is 1020 g/mol. The Kier molecular flexibility index (Phi) is 10.1. The monoisotopic (exact) mass is 1020 g/mol. The van der Waals surface area contributed by atoms with Crippen molar-refractivity contribution in [1.82, 2.24) is 9.55 Å². The molecule has 7 heteroatoms. The van der Waals surface area contributed by atoms with Crippen LogP contribution in [-0.4, -0.2) is 16.3 Å². The minimum atomic E-state index is -0.159. The van der Waals surface area contributed by atoms with Crippen molar-refractivity contribution >= 4 is 67.7 Å². The second-order valence-corrected chi connectivity index (χ2v) is 17.7. The number of ether oxygens (including phenoxy) is 1. The Labute approximate surface area is 394 Å². The van der Waals surface area contributed by atoms with E-state index in [4.69, 9.17) is 9.72 Å². The van der Waals surface area contributed by atoms with E-state index in [1.165, 1.54) is 33.1 Å². The zero-order chi connectivity index (χ0) is 42.9. The van der Waals surface area contributed by atoms with Gasteiger partial charge in [0.2, 0.25) is 6.71 Å². The zero-order valence-corrected chi connectivity index (χ0v) is 38.4. The average Bonchev–Trinajstić information content (AvgIpc) is 3.99. The summed E-state index contributed by atoms with van der Waals surface area (Å²) in [6.45, 7) is 8.94. The van der Waals surface area contributed by atoms with E-state index >= 15 is 0 Å². The summed E-state index contributed by atoms with van der Waals surface area (Å²) >= 11 is 0. The Hall–Kier alpha value is -7.14. The molecule has 0 radical (unpaired) electrons. The molecule has 2 aliphatic rings. The molecule has 0 N–H and O–H groups in total. The predicted molar refractivity (Wildman–Crippen MR) is 265 cm³/mol. The fraction of sp³-hybridized carbons (Fsp3) is 0.0690. The number of hydrogen-bond acceptors (Lipinski definition) is 4. The van der Waals surface area contributed by atoms with Gasteiger partial charge in [-0.3, -0.25) is 0 Å². The number of benzene rings is 8. The van der Waals surface area contributed by atoms with E-state index < -0.39 is 0 Å². The van der Waals surface area contributed by atoms with Gasteiger partial charge in [-0.1, -0.05) is 170 Å². The predicted octanol–water partition coefficient (Wildman–Crippen LogP) is 12.4. The summed E-state index contributed by atoms with van der Waals surface area (Å²) in [4.78, 5) is 9.67. The molecule has 316 valence electrons. The fourth-order valence-electron chi connectivity index (χ4n) is 9.61. The number of hydrogen-bond donors (Lipinski definition) is 0. The summed E-state index contributed by atoms with van der Waals surface area (Å²) in [5.74, 6) is 2.05. The molecule has 5 nitrogen and oxygen atoms in total. The standard InChI is InChI=1S/C58H42BN4O.Pt/c1-58(2,3)41-32-44(62-38-61(43-21-11-6-12-22-43)54-25-15-16-26-55(54)62)34-46(33-41)64-45-28-29-48-49-31-40(39-17-7-4-8-18-39)27-30-53(49)63(56(48)35-45)57-36-52-50(37-60-57)47-23-13-14-24-51(47)59(52)42-19-9-5-10-20-42;/h4-33,36-38H,1-3H3;/q-3;. The van der Waals surface area contributed by atoms with Gasteiger partial charge in [-0.15, -0.1) is 53.6 Å². The Balaban J connectivity index is 0.00000469. The van der Waals surface area contributed by atoms with E-state index in [-0.39, 0.29) is 33.2 Å². The molecule has 0 fully saturated rings. The smallest absolute Gasteiger partial charge is 0.243 e. The minimum Gasteiger partial charge on any atom is -0.509 e. The van der Waals surface area contributed by atoms with Crippen LogP contribution in [0.5, 0.6) is 11.5 Å². The molecule has 12 rings (SSSR count). The van der Waals surface area contributed by atoms with Gasteiger partial charge in [0.25, 0.3) is 0 Å². The van der Waals surface area contributed by atoms with Gasteiger partial charge < -0.3 is 19.1 Å². The topological polar surface area (TPSA) is 33.5 Å². The molecule has 0 amide bonds. The van der Waals surface area contributed by atoms with Crippen LogP contribution in [0.2, 0.25) is 0 Å². The first-order valence-electron chi connectivity index (χ1n) is 21.9. The van der Waals surface area contributed by atoms with Gasteiger partial charge in [0.1, 0.15) is 5.82 Å². The van der Waals surface area contributed by atoms with Crippen LogP contribution in [0.4, 0.5) is 22.7 Å². The second kappa shape index (κ2) is 16.1. The Bertz CT molecular complexity index is 3400. The summed E-state index contributed by atoms with van der Waals surface area (Å²) < 4.78 is 9.15. The number of fused-ring (bicyclic) bond motifs is 7. The third-order valence-electron chi connectivity index (χ3n) is 12.8. The third kappa shape index (κ3) is 7.05. The van der Waals surface area contributed by atoms with Gasteiger partial charge in [-0.2, -0.15) is 6.07 Å². The van der Waals surface area contributed by atoms with Crippen LogP contribution in [0.3, 0.4) is 0 Å². The molecule has 0 unspecified atom stereocenters. The molecule has 8 aromatic carbocycles. The summed E-state index contributed by atoms with van der Waals surface area (Å²) in [6.07, 6.45) is 2.06. The van der Waals surface area contributed by atoms with Crippen molar-refractivity contribution in [3.8, 4) is 39.6 Å². The van der Waals surface area contributed by atoms with Gasteiger partial charge in [-0.05, 0) is 69.5 Å². The molecular formula is C58H42BN4OPt-3. The van der Waals surface area contributed by atoms with E-state index in [2.05, 4.69) is 236 Å². The van der Waals surface area contributed by atoms with Crippen molar-refractivity contribution in [1.29, 1.82) is 0 Å². The van der Waals surface area contributed by atoms with Crippen molar-refractivity contribution in [2.45, 2.75) is 26.2 Å². The molecule has 2 aliphatic heterocycles. The van der Waals surface area contributed by atoms with Gasteiger partial charge in [-0.25, -0.2) is 4.98 Å². The van der Waals surface area contributed by atoms with Crippen LogP contribution < -0.4 is 30.9 Å². The van der Waals surface area contributed by atoms with Crippen LogP contribution >= 0.6 is 0 Å². The number of anilines is 4. The first-order valence-corrected chi connectivity index (χ1v) is 21.9. The van der Waals surface area contributed by atoms with Gasteiger partial charge in [0.15, 0.2) is 0 Å². The van der Waals surface area contributed by atoms with Gasteiger partial charge in [0, 0.05) is 61.3 Å². The maximum Gasteiger partial charge on any atom is 0.243 e. The number of pyridine rings is 1. The van der Waals surface area contributed by atoms with Crippen molar-refractivity contribution in [3.05, 3.63) is 219 Å². The molecule has 2 aromatic heterocycles. The van der Waals surface area contributed by atoms with Crippen molar-refractivity contribution in [2.75, 3.05) is 9.80 Å². The maximum absolute atomic E-state index is 6.89. The first kappa shape index (κ1) is 40.6. The molecular weight excluding hydrogens is 975 g/mol. The molecule has 65 heavy (non-hydrogen) atoms. The Morgan fingerprint density at radius 2 is 1.26 bits per heavy atom. The molecule has 0 aliphatic carbocycles. The molecule has 4 heterocycles. The molecule has 10 aromatic rings. The Morgan fingerprint density at radius 1 is 0.569 bits per heavy atom. The van der Waals surface area contributed by atoms with Crippen molar-refractivity contribution < 1.29 is 25.8 Å². The number of aromatic nitrogens is 2. The largest absolute Gasteiger partial charge is 0.509 e. The van der Waals surface area contributed by atoms with E-state index in [9.17, 15) is 0 Å². The molecule has 0 spiro atoms. The summed E-state index contributed by atoms with van der Waals surface area (Å²) in [5, 5.41) is 2.20. The van der Waals surface area contributed by atoms with E-state index in [0.29, 0.717) is 11.5 Å². The fourth-order valence-corrected chi connectivity index (χ4v) is 9.61. The third-order valence-corrected chi connectivity index (χ3v) is 12.8. The summed E-state index contributed by atoms with van der Waals surface area (Å²) in [7, 11) is 0. The van der Waals surface area contributed by atoms with Crippen molar-refractivity contribution in [3.63, 3.8) is 0 Å². The summed E-state index contributed by atoms with van der Waals surface area (Å²) in [6, 6.07) is 74.0. The number of nitrogens with zero attached hydrogens (tertiary/aromatic N) is 4. The zero-order valence-electron chi connectivity index (χ0n) is 36.1. The quantitative estimate of drug-likeness (QED) is 0.118. The van der Waals surface area contributed by atoms with Gasteiger partial charge in [0.05, 0.1) is 0 Å². The number of rotatable bonds is 7. The van der Waals surface area contributed by atoms with Crippen LogP contribution in [0, 0.1) is 18.8 Å². The van der Waals surface area contributed by atoms with Crippen LogP contribution in [-0.2, 0) is 26.5 Å². The van der Waals surface area contributed by atoms with E-state index in [1.807, 2.05) is 12.1 Å². The molecule has 0 saturated heterocycles.